The number of nitrogens with zero attached hydrogens (tertiary/aromatic N) is 2. The molecule has 6 heteroatoms. The smallest absolute Gasteiger partial charge is 0.409 e. The standard InChI is InChI=1S/C17H13N3O3/c18-10-13-9-16(20-23-13)15-8-12(22-17(19)21)6-7-14(15)11-4-2-1-3-5-11/h1-8,13H,9H2,(H2,19,21). The van der Waals surface area contributed by atoms with E-state index in [-0.39, 0.29) is 0 Å². The van der Waals surface area contributed by atoms with Gasteiger partial charge in [0.05, 0.1) is 5.71 Å². The highest BCUT2D eigenvalue weighted by Crippen LogP contribution is 2.30. The van der Waals surface area contributed by atoms with Crippen molar-refractivity contribution in [2.45, 2.75) is 12.5 Å². The summed E-state index contributed by atoms with van der Waals surface area (Å²) >= 11 is 0. The fourth-order valence-electron chi connectivity index (χ4n) is 2.42. The number of benzene rings is 2. The molecule has 0 aromatic heterocycles. The van der Waals surface area contributed by atoms with Crippen molar-refractivity contribution in [1.29, 1.82) is 5.26 Å². The molecule has 1 aliphatic rings. The maximum Gasteiger partial charge on any atom is 0.409 e. The molecule has 1 amide bonds. The Labute approximate surface area is 132 Å². The Balaban J connectivity index is 2.06. The average Bonchev–Trinajstić information content (AvgIpc) is 3.04. The van der Waals surface area contributed by atoms with Crippen LogP contribution in [0.25, 0.3) is 11.1 Å². The minimum Gasteiger partial charge on any atom is -0.410 e. The van der Waals surface area contributed by atoms with E-state index in [1.165, 1.54) is 0 Å². The summed E-state index contributed by atoms with van der Waals surface area (Å²) in [6.45, 7) is 0. The molecule has 1 unspecified atom stereocenters. The van der Waals surface area contributed by atoms with Gasteiger partial charge in [0.2, 0.25) is 6.10 Å². The Morgan fingerprint density at radius 1 is 1.26 bits per heavy atom. The SMILES string of the molecule is N#CC1CC(c2cc(OC(N)=O)ccc2-c2ccccc2)=NO1. The van der Waals surface area contributed by atoms with Gasteiger partial charge in [-0.25, -0.2) is 4.79 Å². The molecule has 1 atom stereocenters. The van der Waals surface area contributed by atoms with Gasteiger partial charge in [-0.05, 0) is 23.3 Å². The molecule has 2 N–H and O–H groups in total. The van der Waals surface area contributed by atoms with Crippen molar-refractivity contribution >= 4 is 11.8 Å². The van der Waals surface area contributed by atoms with Crippen molar-refractivity contribution in [2.24, 2.45) is 10.9 Å². The van der Waals surface area contributed by atoms with E-state index in [1.807, 2.05) is 42.5 Å². The lowest BCUT2D eigenvalue weighted by Crippen LogP contribution is -2.16. The van der Waals surface area contributed by atoms with E-state index in [9.17, 15) is 4.79 Å². The lowest BCUT2D eigenvalue weighted by atomic mass is 9.94. The maximum atomic E-state index is 11.0. The second-order valence-electron chi connectivity index (χ2n) is 4.96. The molecule has 0 fully saturated rings. The molecule has 114 valence electrons. The molecule has 6 nitrogen and oxygen atoms in total. The molecular weight excluding hydrogens is 294 g/mol. The number of carbonyl (C=O) groups is 1. The van der Waals surface area contributed by atoms with Crippen LogP contribution in [-0.2, 0) is 4.84 Å². The first-order valence-corrected chi connectivity index (χ1v) is 6.97. The molecule has 0 aliphatic carbocycles. The molecule has 0 saturated carbocycles. The van der Waals surface area contributed by atoms with Gasteiger partial charge in [0.25, 0.3) is 0 Å². The third kappa shape index (κ3) is 3.14. The lowest BCUT2D eigenvalue weighted by Gasteiger charge is -2.11. The fraction of sp³-hybridized carbons (Fsp3) is 0.118. The van der Waals surface area contributed by atoms with Crippen molar-refractivity contribution in [3.05, 3.63) is 54.1 Å². The Kier molecular flexibility index (Phi) is 3.93. The van der Waals surface area contributed by atoms with E-state index < -0.39 is 12.2 Å². The van der Waals surface area contributed by atoms with Crippen molar-refractivity contribution in [3.63, 3.8) is 0 Å². The number of amides is 1. The number of hydrogen-bond acceptors (Lipinski definition) is 5. The van der Waals surface area contributed by atoms with Gasteiger partial charge in [0.1, 0.15) is 11.8 Å². The summed E-state index contributed by atoms with van der Waals surface area (Å²) in [5.74, 6) is 0.315. The lowest BCUT2D eigenvalue weighted by molar-refractivity contribution is 0.125. The second kappa shape index (κ2) is 6.20. The topological polar surface area (TPSA) is 97.7 Å². The number of oxime groups is 1. The molecule has 0 spiro atoms. The van der Waals surface area contributed by atoms with Gasteiger partial charge in [-0.1, -0.05) is 41.6 Å². The zero-order valence-electron chi connectivity index (χ0n) is 12.1. The van der Waals surface area contributed by atoms with Gasteiger partial charge >= 0.3 is 6.09 Å². The third-order valence-electron chi connectivity index (χ3n) is 3.42. The van der Waals surface area contributed by atoms with Crippen LogP contribution in [0.4, 0.5) is 4.79 Å². The molecule has 0 radical (unpaired) electrons. The van der Waals surface area contributed by atoms with Gasteiger partial charge in [0.15, 0.2) is 0 Å². The number of ether oxygens (including phenoxy) is 1. The van der Waals surface area contributed by atoms with E-state index >= 15 is 0 Å². The quantitative estimate of drug-likeness (QED) is 0.942. The first-order chi connectivity index (χ1) is 11.2. The number of hydrogen-bond donors (Lipinski definition) is 1. The zero-order chi connectivity index (χ0) is 16.2. The normalized spacial score (nSPS) is 16.1. The van der Waals surface area contributed by atoms with Crippen molar-refractivity contribution in [1.82, 2.24) is 0 Å². The highest BCUT2D eigenvalue weighted by molar-refractivity contribution is 6.07. The minimum absolute atomic E-state index is 0.315. The molecule has 3 rings (SSSR count). The van der Waals surface area contributed by atoms with Gasteiger partial charge in [-0.2, -0.15) is 5.26 Å². The molecule has 0 saturated heterocycles. The van der Waals surface area contributed by atoms with E-state index in [1.54, 1.807) is 12.1 Å². The molecule has 23 heavy (non-hydrogen) atoms. The van der Waals surface area contributed by atoms with Crippen molar-refractivity contribution in [3.8, 4) is 22.9 Å². The molecule has 0 bridgehead atoms. The maximum absolute atomic E-state index is 11.0. The molecular formula is C17H13N3O3. The number of nitrogens with two attached hydrogens (primary N) is 1. The van der Waals surface area contributed by atoms with E-state index in [4.69, 9.17) is 20.6 Å². The van der Waals surface area contributed by atoms with Crippen LogP contribution in [0.5, 0.6) is 5.75 Å². The summed E-state index contributed by atoms with van der Waals surface area (Å²) in [6, 6.07) is 16.9. The predicted octanol–water partition coefficient (Wildman–Crippen LogP) is 2.83. The van der Waals surface area contributed by atoms with Crippen LogP contribution in [0.1, 0.15) is 12.0 Å². The summed E-state index contributed by atoms with van der Waals surface area (Å²) in [5, 5.41) is 12.9. The monoisotopic (exact) mass is 307 g/mol. The van der Waals surface area contributed by atoms with E-state index in [0.29, 0.717) is 17.9 Å². The molecule has 1 aliphatic heterocycles. The number of rotatable bonds is 3. The summed E-state index contributed by atoms with van der Waals surface area (Å²) in [5.41, 5.74) is 8.32. The highest BCUT2D eigenvalue weighted by atomic mass is 16.6. The van der Waals surface area contributed by atoms with Crippen molar-refractivity contribution < 1.29 is 14.4 Å². The number of nitriles is 1. The predicted molar refractivity (Wildman–Crippen MR) is 83.7 cm³/mol. The van der Waals surface area contributed by atoms with Gasteiger partial charge in [0, 0.05) is 12.0 Å². The Hall–Kier alpha value is -3.33. The fourth-order valence-corrected chi connectivity index (χ4v) is 2.42. The van der Waals surface area contributed by atoms with Crippen LogP contribution < -0.4 is 10.5 Å². The minimum atomic E-state index is -0.886. The summed E-state index contributed by atoms with van der Waals surface area (Å²) in [4.78, 5) is 16.0. The van der Waals surface area contributed by atoms with Crippen LogP contribution in [-0.4, -0.2) is 17.9 Å². The van der Waals surface area contributed by atoms with Crippen LogP contribution in [0, 0.1) is 11.3 Å². The molecule has 1 heterocycles. The number of primary amides is 1. The average molecular weight is 307 g/mol. The Morgan fingerprint density at radius 3 is 2.70 bits per heavy atom. The summed E-state index contributed by atoms with van der Waals surface area (Å²) < 4.78 is 4.94. The largest absolute Gasteiger partial charge is 0.410 e. The molecule has 2 aromatic rings. The first kappa shape index (κ1) is 14.6. The van der Waals surface area contributed by atoms with Crippen LogP contribution in [0.2, 0.25) is 0 Å². The Morgan fingerprint density at radius 2 is 2.04 bits per heavy atom. The van der Waals surface area contributed by atoms with Gasteiger partial charge < -0.3 is 15.3 Å². The van der Waals surface area contributed by atoms with Crippen LogP contribution >= 0.6 is 0 Å². The number of carbonyl (C=O) groups excluding carboxylic acids is 1. The summed E-state index contributed by atoms with van der Waals surface area (Å²) in [7, 11) is 0. The first-order valence-electron chi connectivity index (χ1n) is 6.97. The van der Waals surface area contributed by atoms with E-state index in [2.05, 4.69) is 5.16 Å². The Bertz CT molecular complexity index is 810. The summed E-state index contributed by atoms with van der Waals surface area (Å²) in [6.07, 6.45) is -1.12. The van der Waals surface area contributed by atoms with Gasteiger partial charge in [-0.3, -0.25) is 0 Å². The van der Waals surface area contributed by atoms with E-state index in [0.717, 1.165) is 16.7 Å². The third-order valence-corrected chi connectivity index (χ3v) is 3.42. The highest BCUT2D eigenvalue weighted by Gasteiger charge is 2.24. The second-order valence-corrected chi connectivity index (χ2v) is 4.96. The van der Waals surface area contributed by atoms with Crippen LogP contribution in [0.15, 0.2) is 53.7 Å². The van der Waals surface area contributed by atoms with Crippen LogP contribution in [0.3, 0.4) is 0 Å². The van der Waals surface area contributed by atoms with Crippen molar-refractivity contribution in [2.75, 3.05) is 0 Å². The van der Waals surface area contributed by atoms with Gasteiger partial charge in [-0.15, -0.1) is 0 Å². The zero-order valence-corrected chi connectivity index (χ0v) is 12.1. The molecule has 2 aromatic carbocycles.